The van der Waals surface area contributed by atoms with Crippen LogP contribution in [0.1, 0.15) is 35.6 Å². The number of methoxy groups -OCH3 is 1. The Morgan fingerprint density at radius 3 is 2.86 bits per heavy atom. The second kappa shape index (κ2) is 6.18. The molecular formula is C15H23N5O2. The quantitative estimate of drug-likeness (QED) is 0.829. The molecule has 0 amide bonds. The monoisotopic (exact) mass is 305 g/mol. The molecule has 0 aliphatic carbocycles. The van der Waals surface area contributed by atoms with Crippen molar-refractivity contribution in [3.8, 4) is 0 Å². The number of likely N-dealkylation sites (tertiary alicyclic amines) is 1. The Morgan fingerprint density at radius 2 is 2.23 bits per heavy atom. The lowest BCUT2D eigenvalue weighted by Gasteiger charge is -2.15. The summed E-state index contributed by atoms with van der Waals surface area (Å²) < 4.78 is 12.7. The van der Waals surface area contributed by atoms with Crippen LogP contribution in [0.4, 0.5) is 0 Å². The summed E-state index contributed by atoms with van der Waals surface area (Å²) in [5.41, 5.74) is 3.25. The van der Waals surface area contributed by atoms with Crippen molar-refractivity contribution in [3.63, 3.8) is 0 Å². The molecular weight excluding hydrogens is 282 g/mol. The maximum Gasteiger partial charge on any atom is 0.138 e. The molecule has 2 aromatic rings. The van der Waals surface area contributed by atoms with Crippen LogP contribution in [0.5, 0.6) is 0 Å². The molecule has 0 N–H and O–H groups in total. The molecule has 3 rings (SSSR count). The summed E-state index contributed by atoms with van der Waals surface area (Å²) in [7, 11) is 3.65. The average molecular weight is 305 g/mol. The highest BCUT2D eigenvalue weighted by Gasteiger charge is 2.36. The van der Waals surface area contributed by atoms with Crippen LogP contribution in [0.15, 0.2) is 10.7 Å². The molecule has 3 heterocycles. The molecule has 120 valence electrons. The van der Waals surface area contributed by atoms with E-state index in [4.69, 9.17) is 9.26 Å². The molecule has 1 aliphatic heterocycles. The van der Waals surface area contributed by atoms with Gasteiger partial charge in [-0.1, -0.05) is 17.3 Å². The van der Waals surface area contributed by atoms with Gasteiger partial charge in [0.2, 0.25) is 0 Å². The fraction of sp³-hybridized carbons (Fsp3) is 0.667. The van der Waals surface area contributed by atoms with Gasteiger partial charge in [-0.15, -0.1) is 5.10 Å². The van der Waals surface area contributed by atoms with Crippen molar-refractivity contribution in [1.29, 1.82) is 0 Å². The van der Waals surface area contributed by atoms with E-state index >= 15 is 0 Å². The van der Waals surface area contributed by atoms with Gasteiger partial charge >= 0.3 is 0 Å². The number of nitrogens with zero attached hydrogens (tertiary/aromatic N) is 5. The second-order valence-electron chi connectivity index (χ2n) is 5.91. The fourth-order valence-corrected chi connectivity index (χ4v) is 3.18. The zero-order chi connectivity index (χ0) is 15.7. The summed E-state index contributed by atoms with van der Waals surface area (Å²) in [6, 6.07) is 0. The molecule has 0 unspecified atom stereocenters. The number of rotatable bonds is 5. The molecule has 1 saturated heterocycles. The normalized spacial score (nSPS) is 22.5. The smallest absolute Gasteiger partial charge is 0.138 e. The van der Waals surface area contributed by atoms with Gasteiger partial charge in [-0.3, -0.25) is 9.58 Å². The minimum Gasteiger partial charge on any atom is -0.379 e. The van der Waals surface area contributed by atoms with E-state index in [1.54, 1.807) is 11.8 Å². The third-order valence-corrected chi connectivity index (χ3v) is 4.43. The Kier molecular flexibility index (Phi) is 4.26. The van der Waals surface area contributed by atoms with Crippen LogP contribution in [-0.4, -0.2) is 51.4 Å². The Bertz CT molecular complexity index is 636. The maximum absolute atomic E-state index is 5.67. The zero-order valence-electron chi connectivity index (χ0n) is 13.6. The summed E-state index contributed by atoms with van der Waals surface area (Å²) >= 11 is 0. The highest BCUT2D eigenvalue weighted by molar-refractivity contribution is 5.22. The summed E-state index contributed by atoms with van der Waals surface area (Å²) in [5, 5.41) is 12.4. The van der Waals surface area contributed by atoms with Crippen LogP contribution in [-0.2, 0) is 24.8 Å². The number of hydrogen-bond donors (Lipinski definition) is 0. The number of ether oxygens (including phenoxy) is 1. The Morgan fingerprint density at radius 1 is 1.41 bits per heavy atom. The molecule has 7 nitrogen and oxygen atoms in total. The molecule has 22 heavy (non-hydrogen) atoms. The van der Waals surface area contributed by atoms with E-state index in [1.807, 2.05) is 20.2 Å². The van der Waals surface area contributed by atoms with Crippen molar-refractivity contribution in [2.45, 2.75) is 38.8 Å². The largest absolute Gasteiger partial charge is 0.379 e. The molecule has 0 bridgehead atoms. The van der Waals surface area contributed by atoms with Crippen molar-refractivity contribution in [1.82, 2.24) is 25.1 Å². The van der Waals surface area contributed by atoms with E-state index in [0.29, 0.717) is 0 Å². The predicted molar refractivity (Wildman–Crippen MR) is 80.4 cm³/mol. The number of aryl methyl sites for hydroxylation is 3. The van der Waals surface area contributed by atoms with Crippen molar-refractivity contribution in [3.05, 3.63) is 28.9 Å². The third-order valence-electron chi connectivity index (χ3n) is 4.43. The maximum atomic E-state index is 5.67. The summed E-state index contributed by atoms with van der Waals surface area (Å²) in [4.78, 5) is 2.38. The van der Waals surface area contributed by atoms with Gasteiger partial charge in [0.05, 0.1) is 17.5 Å². The molecule has 2 aromatic heterocycles. The molecule has 1 aliphatic rings. The lowest BCUT2D eigenvalue weighted by atomic mass is 10.0. The standard InChI is InChI=1S/C15H23N5O2/c1-5-13-11(10(2)22-17-13)6-20-7-12(15(9-20)21-4)14-8-19(3)18-16-14/h8,12,15H,5-7,9H2,1-4H3/t12-,15+/m0/s1. The SMILES string of the molecule is CCc1noc(C)c1CN1C[C@@H](OC)[C@H](c2cn(C)nn2)C1. The Hall–Kier alpha value is -1.73. The number of hydrogen-bond acceptors (Lipinski definition) is 6. The van der Waals surface area contributed by atoms with Gasteiger partial charge in [-0.25, -0.2) is 0 Å². The molecule has 2 atom stereocenters. The van der Waals surface area contributed by atoms with Gasteiger partial charge in [0.1, 0.15) is 5.76 Å². The van der Waals surface area contributed by atoms with Gasteiger partial charge < -0.3 is 9.26 Å². The highest BCUT2D eigenvalue weighted by atomic mass is 16.5. The first kappa shape index (κ1) is 15.2. The van der Waals surface area contributed by atoms with Gasteiger partial charge in [0.25, 0.3) is 0 Å². The first-order valence-electron chi connectivity index (χ1n) is 7.67. The van der Waals surface area contributed by atoms with Crippen LogP contribution in [0.3, 0.4) is 0 Å². The Labute approximate surface area is 130 Å². The Balaban J connectivity index is 1.75. The van der Waals surface area contributed by atoms with Crippen molar-refractivity contribution < 1.29 is 9.26 Å². The van der Waals surface area contributed by atoms with E-state index in [0.717, 1.165) is 43.2 Å². The minimum atomic E-state index is 0.141. The zero-order valence-corrected chi connectivity index (χ0v) is 13.6. The third kappa shape index (κ3) is 2.78. The van der Waals surface area contributed by atoms with E-state index in [2.05, 4.69) is 27.3 Å². The first-order chi connectivity index (χ1) is 10.6. The van der Waals surface area contributed by atoms with Gasteiger partial charge in [0, 0.05) is 51.5 Å². The average Bonchev–Trinajstić information content (AvgIpc) is 3.19. The topological polar surface area (TPSA) is 69.2 Å². The number of aromatic nitrogens is 4. The summed E-state index contributed by atoms with van der Waals surface area (Å²) in [6.07, 6.45) is 3.01. The summed E-state index contributed by atoms with van der Waals surface area (Å²) in [5.74, 6) is 1.16. The minimum absolute atomic E-state index is 0.141. The predicted octanol–water partition coefficient (Wildman–Crippen LogP) is 1.29. The lowest BCUT2D eigenvalue weighted by Crippen LogP contribution is -2.23. The van der Waals surface area contributed by atoms with Crippen LogP contribution < -0.4 is 0 Å². The molecule has 0 radical (unpaired) electrons. The van der Waals surface area contributed by atoms with E-state index in [9.17, 15) is 0 Å². The van der Waals surface area contributed by atoms with Crippen LogP contribution in [0.25, 0.3) is 0 Å². The van der Waals surface area contributed by atoms with Crippen LogP contribution in [0.2, 0.25) is 0 Å². The molecule has 0 spiro atoms. The van der Waals surface area contributed by atoms with E-state index in [-0.39, 0.29) is 12.0 Å². The van der Waals surface area contributed by atoms with Crippen LogP contribution in [0, 0.1) is 6.92 Å². The van der Waals surface area contributed by atoms with Crippen molar-refractivity contribution >= 4 is 0 Å². The second-order valence-corrected chi connectivity index (χ2v) is 5.91. The lowest BCUT2D eigenvalue weighted by molar-refractivity contribution is 0.0957. The highest BCUT2D eigenvalue weighted by Crippen LogP contribution is 2.30. The van der Waals surface area contributed by atoms with Crippen molar-refractivity contribution in [2.75, 3.05) is 20.2 Å². The van der Waals surface area contributed by atoms with Crippen molar-refractivity contribution in [2.24, 2.45) is 7.05 Å². The van der Waals surface area contributed by atoms with E-state index in [1.165, 1.54) is 5.56 Å². The van der Waals surface area contributed by atoms with Gasteiger partial charge in [-0.2, -0.15) is 0 Å². The fourth-order valence-electron chi connectivity index (χ4n) is 3.18. The van der Waals surface area contributed by atoms with Crippen LogP contribution >= 0.6 is 0 Å². The van der Waals surface area contributed by atoms with Gasteiger partial charge in [-0.05, 0) is 13.3 Å². The van der Waals surface area contributed by atoms with E-state index < -0.39 is 0 Å². The first-order valence-corrected chi connectivity index (χ1v) is 7.67. The molecule has 7 heteroatoms. The molecule has 0 aromatic carbocycles. The summed E-state index contributed by atoms with van der Waals surface area (Å²) in [6.45, 7) is 6.71. The molecule has 0 saturated carbocycles. The molecule has 1 fully saturated rings. The van der Waals surface area contributed by atoms with Gasteiger partial charge in [0.15, 0.2) is 0 Å².